The summed E-state index contributed by atoms with van der Waals surface area (Å²) in [6.07, 6.45) is 0.349. The fourth-order valence-electron chi connectivity index (χ4n) is 3.11. The molecule has 1 amide bonds. The fraction of sp³-hybridized carbons (Fsp3) is 0.182. The van der Waals surface area contributed by atoms with E-state index in [1.165, 1.54) is 24.7 Å². The minimum atomic E-state index is -4.82. The molecule has 0 aliphatic rings. The SMILES string of the molecule is Cc1ccc(-c2cc(-n3ncnc3C(F)(F)F)cc(C(=O)NCc3cnc(C)cn3)c2F)nc1. The molecule has 1 N–H and O–H groups in total. The van der Waals surface area contributed by atoms with Crippen molar-refractivity contribution in [2.45, 2.75) is 26.6 Å². The van der Waals surface area contributed by atoms with Gasteiger partial charge in [0.15, 0.2) is 0 Å². The predicted molar refractivity (Wildman–Crippen MR) is 112 cm³/mol. The number of nitrogens with zero attached hydrogens (tertiary/aromatic N) is 6. The fourth-order valence-corrected chi connectivity index (χ4v) is 3.11. The minimum Gasteiger partial charge on any atom is -0.346 e. The molecule has 0 saturated carbocycles. The molecule has 174 valence electrons. The Kier molecular flexibility index (Phi) is 6.05. The maximum atomic E-state index is 15.4. The van der Waals surface area contributed by atoms with Gasteiger partial charge in [-0.3, -0.25) is 19.7 Å². The highest BCUT2D eigenvalue weighted by Gasteiger charge is 2.37. The van der Waals surface area contributed by atoms with Crippen molar-refractivity contribution in [3.63, 3.8) is 0 Å². The highest BCUT2D eigenvalue weighted by Crippen LogP contribution is 2.32. The summed E-state index contributed by atoms with van der Waals surface area (Å²) in [6.45, 7) is 3.46. The number of nitrogens with one attached hydrogen (secondary N) is 1. The van der Waals surface area contributed by atoms with Gasteiger partial charge in [-0.2, -0.15) is 18.3 Å². The normalized spacial score (nSPS) is 11.5. The summed E-state index contributed by atoms with van der Waals surface area (Å²) < 4.78 is 56.2. The van der Waals surface area contributed by atoms with Crippen molar-refractivity contribution in [2.24, 2.45) is 0 Å². The van der Waals surface area contributed by atoms with Gasteiger partial charge in [0.2, 0.25) is 5.82 Å². The van der Waals surface area contributed by atoms with E-state index in [9.17, 15) is 18.0 Å². The van der Waals surface area contributed by atoms with Crippen molar-refractivity contribution in [1.82, 2.24) is 35.0 Å². The highest BCUT2D eigenvalue weighted by molar-refractivity contribution is 5.96. The summed E-state index contributed by atoms with van der Waals surface area (Å²) in [6, 6.07) is 5.29. The van der Waals surface area contributed by atoms with E-state index in [1.807, 2.05) is 0 Å². The molecule has 0 radical (unpaired) electrons. The molecule has 0 aliphatic heterocycles. The number of aryl methyl sites for hydroxylation is 2. The van der Waals surface area contributed by atoms with E-state index in [0.717, 1.165) is 24.0 Å². The Morgan fingerprint density at radius 3 is 2.47 bits per heavy atom. The number of carbonyl (C=O) groups excluding carboxylic acids is 1. The van der Waals surface area contributed by atoms with Crippen molar-refractivity contribution in [1.29, 1.82) is 0 Å². The average Bonchev–Trinajstić information content (AvgIpc) is 3.30. The van der Waals surface area contributed by atoms with Crippen LogP contribution in [0.25, 0.3) is 16.9 Å². The Morgan fingerprint density at radius 2 is 1.82 bits per heavy atom. The standard InChI is InChI=1S/C22H17F4N7O/c1-12-3-4-18(29-7-12)16-5-15(33-21(22(24,25)26)31-11-32-33)6-17(19(16)23)20(34)30-10-14-9-27-13(2)8-28-14/h3-9,11H,10H2,1-2H3,(H,30,34). The number of pyridine rings is 1. The summed E-state index contributed by atoms with van der Waals surface area (Å²) in [4.78, 5) is 28.4. The largest absolute Gasteiger partial charge is 0.451 e. The van der Waals surface area contributed by atoms with Gasteiger partial charge in [-0.25, -0.2) is 14.1 Å². The van der Waals surface area contributed by atoms with Crippen LogP contribution in [0.5, 0.6) is 0 Å². The predicted octanol–water partition coefficient (Wildman–Crippen LogP) is 3.82. The van der Waals surface area contributed by atoms with E-state index in [1.54, 1.807) is 19.9 Å². The first kappa shape index (κ1) is 23.0. The third-order valence-electron chi connectivity index (χ3n) is 4.80. The maximum absolute atomic E-state index is 15.4. The van der Waals surface area contributed by atoms with Crippen LogP contribution in [-0.4, -0.2) is 35.6 Å². The number of hydrogen-bond donors (Lipinski definition) is 1. The first-order valence-electron chi connectivity index (χ1n) is 9.93. The van der Waals surface area contributed by atoms with Crippen LogP contribution in [-0.2, 0) is 12.7 Å². The van der Waals surface area contributed by atoms with Crippen LogP contribution in [0.2, 0.25) is 0 Å². The van der Waals surface area contributed by atoms with Gasteiger partial charge in [0.1, 0.15) is 12.1 Å². The maximum Gasteiger partial charge on any atom is 0.451 e. The molecule has 0 fully saturated rings. The number of aromatic nitrogens is 6. The zero-order valence-corrected chi connectivity index (χ0v) is 17.9. The van der Waals surface area contributed by atoms with Gasteiger partial charge >= 0.3 is 6.18 Å². The second-order valence-electron chi connectivity index (χ2n) is 7.40. The van der Waals surface area contributed by atoms with E-state index >= 15 is 4.39 Å². The van der Waals surface area contributed by atoms with Crippen LogP contribution < -0.4 is 5.32 Å². The molecule has 12 heteroatoms. The second kappa shape index (κ2) is 8.96. The van der Waals surface area contributed by atoms with Crippen LogP contribution >= 0.6 is 0 Å². The van der Waals surface area contributed by atoms with Crippen LogP contribution in [0, 0.1) is 19.7 Å². The molecule has 0 bridgehead atoms. The lowest BCUT2D eigenvalue weighted by Gasteiger charge is -2.14. The van der Waals surface area contributed by atoms with Crippen LogP contribution in [0.4, 0.5) is 17.6 Å². The van der Waals surface area contributed by atoms with Crippen LogP contribution in [0.15, 0.2) is 49.2 Å². The van der Waals surface area contributed by atoms with Crippen molar-refractivity contribution in [3.8, 4) is 16.9 Å². The lowest BCUT2D eigenvalue weighted by molar-refractivity contribution is -0.146. The van der Waals surface area contributed by atoms with Gasteiger partial charge in [0.05, 0.1) is 41.1 Å². The Bertz CT molecular complexity index is 1330. The molecule has 8 nitrogen and oxygen atoms in total. The van der Waals surface area contributed by atoms with Crippen molar-refractivity contribution >= 4 is 5.91 Å². The number of hydrogen-bond acceptors (Lipinski definition) is 6. The molecule has 3 heterocycles. The number of alkyl halides is 3. The third kappa shape index (κ3) is 4.75. The molecule has 3 aromatic heterocycles. The first-order chi connectivity index (χ1) is 16.1. The van der Waals surface area contributed by atoms with Crippen molar-refractivity contribution in [2.75, 3.05) is 0 Å². The lowest BCUT2D eigenvalue weighted by atomic mass is 10.0. The number of carbonyl (C=O) groups is 1. The number of halogens is 4. The average molecular weight is 471 g/mol. The van der Waals surface area contributed by atoms with Gasteiger partial charge < -0.3 is 5.32 Å². The monoisotopic (exact) mass is 471 g/mol. The van der Waals surface area contributed by atoms with Gasteiger partial charge in [-0.05, 0) is 37.6 Å². The number of amides is 1. The Labute approximate surface area is 190 Å². The van der Waals surface area contributed by atoms with Crippen molar-refractivity contribution < 1.29 is 22.4 Å². The zero-order chi connectivity index (χ0) is 24.5. The summed E-state index contributed by atoms with van der Waals surface area (Å²) in [5, 5.41) is 6.14. The van der Waals surface area contributed by atoms with E-state index in [-0.39, 0.29) is 23.5 Å². The number of rotatable bonds is 5. The van der Waals surface area contributed by atoms with Gasteiger partial charge in [0, 0.05) is 18.0 Å². The summed E-state index contributed by atoms with van der Waals surface area (Å²) >= 11 is 0. The van der Waals surface area contributed by atoms with Crippen LogP contribution in [0.1, 0.15) is 33.1 Å². The molecule has 0 spiro atoms. The van der Waals surface area contributed by atoms with E-state index < -0.39 is 29.3 Å². The molecular weight excluding hydrogens is 454 g/mol. The molecule has 0 unspecified atom stereocenters. The quantitative estimate of drug-likeness (QED) is 0.445. The third-order valence-corrected chi connectivity index (χ3v) is 4.80. The second-order valence-corrected chi connectivity index (χ2v) is 7.40. The van der Waals surface area contributed by atoms with Crippen molar-refractivity contribution in [3.05, 3.63) is 83.3 Å². The molecule has 0 saturated heterocycles. The Morgan fingerprint density at radius 1 is 1.03 bits per heavy atom. The Balaban J connectivity index is 1.79. The molecule has 4 aromatic rings. The summed E-state index contributed by atoms with van der Waals surface area (Å²) in [5.41, 5.74) is 1.18. The topological polar surface area (TPSA) is 98.5 Å². The first-order valence-corrected chi connectivity index (χ1v) is 9.93. The molecule has 34 heavy (non-hydrogen) atoms. The molecular formula is C22H17F4N7O. The summed E-state index contributed by atoms with van der Waals surface area (Å²) in [5.74, 6) is -3.12. The molecule has 0 atom stereocenters. The van der Waals surface area contributed by atoms with E-state index in [0.29, 0.717) is 16.1 Å². The van der Waals surface area contributed by atoms with Gasteiger partial charge in [-0.15, -0.1) is 0 Å². The van der Waals surface area contributed by atoms with Gasteiger partial charge in [0.25, 0.3) is 5.91 Å². The minimum absolute atomic E-state index is 0.0645. The van der Waals surface area contributed by atoms with Crippen LogP contribution in [0.3, 0.4) is 0 Å². The van der Waals surface area contributed by atoms with Gasteiger partial charge in [-0.1, -0.05) is 6.07 Å². The highest BCUT2D eigenvalue weighted by atomic mass is 19.4. The van der Waals surface area contributed by atoms with E-state index in [4.69, 9.17) is 0 Å². The summed E-state index contributed by atoms with van der Waals surface area (Å²) in [7, 11) is 0. The Hall–Kier alpha value is -4.22. The molecule has 1 aromatic carbocycles. The lowest BCUT2D eigenvalue weighted by Crippen LogP contribution is -2.25. The molecule has 4 rings (SSSR count). The molecule has 0 aliphatic carbocycles. The smallest absolute Gasteiger partial charge is 0.346 e. The number of benzene rings is 1. The zero-order valence-electron chi connectivity index (χ0n) is 17.9. The van der Waals surface area contributed by atoms with E-state index in [2.05, 4.69) is 30.4 Å².